The van der Waals surface area contributed by atoms with Crippen LogP contribution in [0.2, 0.25) is 0 Å². The summed E-state index contributed by atoms with van der Waals surface area (Å²) in [4.78, 5) is 16.9. The minimum atomic E-state index is -0.329. The quantitative estimate of drug-likeness (QED) is 0.792. The SMILES string of the molecule is CC(C)[C@H](N)C(=O)N(C[C@@H]1CCN(C)C1)C1CC1. The first kappa shape index (κ1) is 13.8. The first-order valence-electron chi connectivity index (χ1n) is 7.23. The smallest absolute Gasteiger partial charge is 0.240 e. The number of likely N-dealkylation sites (tertiary alicyclic amines) is 1. The number of nitrogens with zero attached hydrogens (tertiary/aromatic N) is 2. The fourth-order valence-corrected chi connectivity index (χ4v) is 2.74. The average Bonchev–Trinajstić information content (AvgIpc) is 3.08. The van der Waals surface area contributed by atoms with Gasteiger partial charge in [0.05, 0.1) is 6.04 Å². The number of amides is 1. The highest BCUT2D eigenvalue weighted by molar-refractivity contribution is 5.82. The maximum Gasteiger partial charge on any atom is 0.240 e. The summed E-state index contributed by atoms with van der Waals surface area (Å²) in [6, 6.07) is 0.151. The lowest BCUT2D eigenvalue weighted by Crippen LogP contribution is -2.49. The summed E-state index contributed by atoms with van der Waals surface area (Å²) >= 11 is 0. The number of carbonyl (C=O) groups is 1. The maximum absolute atomic E-state index is 12.4. The third-order valence-corrected chi connectivity index (χ3v) is 4.22. The molecule has 2 rings (SSSR count). The zero-order valence-electron chi connectivity index (χ0n) is 11.9. The molecule has 18 heavy (non-hydrogen) atoms. The summed E-state index contributed by atoms with van der Waals surface area (Å²) in [5.74, 6) is 1.03. The third kappa shape index (κ3) is 3.23. The first-order valence-corrected chi connectivity index (χ1v) is 7.23. The molecule has 1 heterocycles. The standard InChI is InChI=1S/C14H27N3O/c1-10(2)13(15)14(18)17(12-4-5-12)9-11-6-7-16(3)8-11/h10-13H,4-9,15H2,1-3H3/t11-,13+/m1/s1. The topological polar surface area (TPSA) is 49.6 Å². The summed E-state index contributed by atoms with van der Waals surface area (Å²) in [5.41, 5.74) is 6.03. The van der Waals surface area contributed by atoms with E-state index in [0.717, 1.165) is 19.6 Å². The zero-order chi connectivity index (χ0) is 13.3. The number of hydrogen-bond acceptors (Lipinski definition) is 3. The van der Waals surface area contributed by atoms with E-state index in [1.54, 1.807) is 0 Å². The van der Waals surface area contributed by atoms with E-state index in [-0.39, 0.29) is 17.9 Å². The fraction of sp³-hybridized carbons (Fsp3) is 0.929. The van der Waals surface area contributed by atoms with Crippen LogP contribution in [0.5, 0.6) is 0 Å². The molecular formula is C14H27N3O. The molecule has 1 saturated heterocycles. The molecular weight excluding hydrogens is 226 g/mol. The second-order valence-electron chi connectivity index (χ2n) is 6.41. The highest BCUT2D eigenvalue weighted by atomic mass is 16.2. The molecule has 2 atom stereocenters. The van der Waals surface area contributed by atoms with E-state index in [1.165, 1.54) is 19.3 Å². The number of rotatable bonds is 5. The van der Waals surface area contributed by atoms with Crippen LogP contribution >= 0.6 is 0 Å². The van der Waals surface area contributed by atoms with Gasteiger partial charge in [-0.05, 0) is 44.7 Å². The lowest BCUT2D eigenvalue weighted by atomic mass is 10.0. The average molecular weight is 253 g/mol. The monoisotopic (exact) mass is 253 g/mol. The van der Waals surface area contributed by atoms with Gasteiger partial charge in [-0.2, -0.15) is 0 Å². The Morgan fingerprint density at radius 3 is 2.50 bits per heavy atom. The van der Waals surface area contributed by atoms with E-state index in [9.17, 15) is 4.79 Å². The van der Waals surface area contributed by atoms with E-state index < -0.39 is 0 Å². The summed E-state index contributed by atoms with van der Waals surface area (Å²) in [6.45, 7) is 7.24. The van der Waals surface area contributed by atoms with Crippen LogP contribution in [0.25, 0.3) is 0 Å². The van der Waals surface area contributed by atoms with Crippen LogP contribution in [0.3, 0.4) is 0 Å². The van der Waals surface area contributed by atoms with Crippen LogP contribution in [-0.4, -0.2) is 54.5 Å². The van der Waals surface area contributed by atoms with Crippen molar-refractivity contribution in [2.75, 3.05) is 26.7 Å². The zero-order valence-corrected chi connectivity index (χ0v) is 11.9. The van der Waals surface area contributed by atoms with E-state index in [4.69, 9.17) is 5.73 Å². The van der Waals surface area contributed by atoms with Crippen molar-refractivity contribution in [3.8, 4) is 0 Å². The molecule has 1 saturated carbocycles. The van der Waals surface area contributed by atoms with Crippen molar-refractivity contribution < 1.29 is 4.79 Å². The van der Waals surface area contributed by atoms with Gasteiger partial charge >= 0.3 is 0 Å². The van der Waals surface area contributed by atoms with Crippen molar-refractivity contribution >= 4 is 5.91 Å². The van der Waals surface area contributed by atoms with Crippen molar-refractivity contribution in [1.29, 1.82) is 0 Å². The van der Waals surface area contributed by atoms with E-state index in [1.807, 2.05) is 13.8 Å². The molecule has 0 bridgehead atoms. The van der Waals surface area contributed by atoms with Crippen molar-refractivity contribution in [1.82, 2.24) is 9.80 Å². The molecule has 0 radical (unpaired) electrons. The Hall–Kier alpha value is -0.610. The molecule has 0 aromatic carbocycles. The fourth-order valence-electron chi connectivity index (χ4n) is 2.74. The highest BCUT2D eigenvalue weighted by Crippen LogP contribution is 2.30. The van der Waals surface area contributed by atoms with Crippen LogP contribution in [0.1, 0.15) is 33.1 Å². The van der Waals surface area contributed by atoms with Gasteiger partial charge in [0.25, 0.3) is 0 Å². The first-order chi connectivity index (χ1) is 8.49. The van der Waals surface area contributed by atoms with Gasteiger partial charge in [0.15, 0.2) is 0 Å². The van der Waals surface area contributed by atoms with Crippen molar-refractivity contribution in [2.45, 2.75) is 45.2 Å². The van der Waals surface area contributed by atoms with Crippen LogP contribution < -0.4 is 5.73 Å². The third-order valence-electron chi connectivity index (χ3n) is 4.22. The van der Waals surface area contributed by atoms with Gasteiger partial charge in [-0.3, -0.25) is 4.79 Å². The van der Waals surface area contributed by atoms with Gasteiger partial charge in [0.1, 0.15) is 0 Å². The van der Waals surface area contributed by atoms with Crippen molar-refractivity contribution in [3.63, 3.8) is 0 Å². The predicted octanol–water partition coefficient (Wildman–Crippen LogP) is 0.912. The summed E-state index contributed by atoms with van der Waals surface area (Å²) < 4.78 is 0. The lowest BCUT2D eigenvalue weighted by molar-refractivity contribution is -0.134. The molecule has 4 heteroatoms. The molecule has 4 nitrogen and oxygen atoms in total. The number of hydrogen-bond donors (Lipinski definition) is 1. The van der Waals surface area contributed by atoms with Crippen LogP contribution in [0.15, 0.2) is 0 Å². The van der Waals surface area contributed by atoms with Crippen molar-refractivity contribution in [3.05, 3.63) is 0 Å². The van der Waals surface area contributed by atoms with Crippen LogP contribution in [-0.2, 0) is 4.79 Å². The van der Waals surface area contributed by atoms with Crippen LogP contribution in [0.4, 0.5) is 0 Å². The van der Waals surface area contributed by atoms with Gasteiger partial charge in [-0.25, -0.2) is 0 Å². The minimum Gasteiger partial charge on any atom is -0.338 e. The Morgan fingerprint density at radius 1 is 1.39 bits per heavy atom. The molecule has 0 aromatic heterocycles. The largest absolute Gasteiger partial charge is 0.338 e. The van der Waals surface area contributed by atoms with E-state index in [0.29, 0.717) is 12.0 Å². The van der Waals surface area contributed by atoms with Gasteiger partial charge in [-0.15, -0.1) is 0 Å². The van der Waals surface area contributed by atoms with Gasteiger partial charge in [-0.1, -0.05) is 13.8 Å². The molecule has 1 aliphatic heterocycles. The molecule has 2 N–H and O–H groups in total. The molecule has 2 aliphatic rings. The molecule has 2 fully saturated rings. The summed E-state index contributed by atoms with van der Waals surface area (Å²) in [6.07, 6.45) is 3.54. The molecule has 1 amide bonds. The normalized spacial score (nSPS) is 26.6. The van der Waals surface area contributed by atoms with Gasteiger partial charge in [0.2, 0.25) is 5.91 Å². The molecule has 1 aliphatic carbocycles. The minimum absolute atomic E-state index is 0.169. The maximum atomic E-state index is 12.4. The second kappa shape index (κ2) is 5.57. The highest BCUT2D eigenvalue weighted by Gasteiger charge is 2.37. The second-order valence-corrected chi connectivity index (χ2v) is 6.41. The molecule has 0 spiro atoms. The summed E-state index contributed by atoms with van der Waals surface area (Å²) in [7, 11) is 2.16. The van der Waals surface area contributed by atoms with E-state index >= 15 is 0 Å². The lowest BCUT2D eigenvalue weighted by Gasteiger charge is -2.29. The predicted molar refractivity (Wildman–Crippen MR) is 73.2 cm³/mol. The van der Waals surface area contributed by atoms with Gasteiger partial charge in [0, 0.05) is 19.1 Å². The summed E-state index contributed by atoms with van der Waals surface area (Å²) in [5, 5.41) is 0. The number of nitrogens with two attached hydrogens (primary N) is 1. The number of carbonyl (C=O) groups excluding carboxylic acids is 1. The Labute approximate surface area is 110 Å². The Bertz CT molecular complexity index is 301. The Kier molecular flexibility index (Phi) is 4.28. The Balaban J connectivity index is 1.93. The van der Waals surface area contributed by atoms with Crippen molar-refractivity contribution in [2.24, 2.45) is 17.6 Å². The van der Waals surface area contributed by atoms with Gasteiger partial charge < -0.3 is 15.5 Å². The van der Waals surface area contributed by atoms with E-state index in [2.05, 4.69) is 16.8 Å². The molecule has 0 aromatic rings. The molecule has 0 unspecified atom stereocenters. The van der Waals surface area contributed by atoms with Crippen LogP contribution in [0, 0.1) is 11.8 Å². The Morgan fingerprint density at radius 2 is 2.06 bits per heavy atom. The molecule has 104 valence electrons.